The molecule has 120 valence electrons. The van der Waals surface area contributed by atoms with Crippen molar-refractivity contribution in [3.05, 3.63) is 35.9 Å². The highest BCUT2D eigenvalue weighted by atomic mass is 32.2. The first-order valence-corrected chi connectivity index (χ1v) is 6.68. The zero-order valence-electron chi connectivity index (χ0n) is 10.6. The molecule has 0 aromatic heterocycles. The molecule has 10 heteroatoms. The Morgan fingerprint density at radius 2 is 1.52 bits per heavy atom. The summed E-state index contributed by atoms with van der Waals surface area (Å²) in [6.07, 6.45) is -8.24. The first-order valence-electron chi connectivity index (χ1n) is 5.24. The maximum Gasteiger partial charge on any atom is 0.396 e. The third-order valence-electron chi connectivity index (χ3n) is 1.96. The zero-order chi connectivity index (χ0) is 16.9. The van der Waals surface area contributed by atoms with E-state index in [2.05, 4.69) is 0 Å². The van der Waals surface area contributed by atoms with E-state index in [-0.39, 0.29) is 5.78 Å². The van der Waals surface area contributed by atoms with Crippen LogP contribution in [0.25, 0.3) is 0 Å². The summed E-state index contributed by atoms with van der Waals surface area (Å²) in [4.78, 5) is 10.6. The fourth-order valence-electron chi connectivity index (χ4n) is 0.997. The number of carbonyl (C=O) groups is 1. The summed E-state index contributed by atoms with van der Waals surface area (Å²) in [5, 5.41) is -5.18. The first-order chi connectivity index (χ1) is 9.26. The lowest BCUT2D eigenvalue weighted by Crippen LogP contribution is -2.33. The Hall–Kier alpha value is -1.55. The van der Waals surface area contributed by atoms with Crippen LogP contribution in [0, 0.1) is 0 Å². The van der Waals surface area contributed by atoms with Crippen LogP contribution in [0.3, 0.4) is 0 Å². The highest BCUT2D eigenvalue weighted by molar-refractivity contribution is 7.86. The summed E-state index contributed by atoms with van der Waals surface area (Å²) in [6, 6.07) is 9.23. The first kappa shape index (κ1) is 19.4. The minimum Gasteiger partial charge on any atom is -0.295 e. The summed E-state index contributed by atoms with van der Waals surface area (Å²) in [5.41, 5.74) is 0.775. The average Bonchev–Trinajstić information content (AvgIpc) is 2.26. The van der Waals surface area contributed by atoms with E-state index in [4.69, 9.17) is 4.55 Å². The minimum absolute atomic E-state index is 0.121. The second-order valence-electron chi connectivity index (χ2n) is 3.83. The molecule has 0 aliphatic rings. The Kier molecular flexibility index (Phi) is 6.43. The SMILES string of the molecule is CC(=O)c1ccccc1.O=S(=O)(O)C(F)(F)CC(F)(F)F. The predicted octanol–water partition coefficient (Wildman–Crippen LogP) is 3.31. The molecule has 0 saturated carbocycles. The van der Waals surface area contributed by atoms with E-state index in [1.807, 2.05) is 30.3 Å². The van der Waals surface area contributed by atoms with E-state index in [1.165, 1.54) is 0 Å². The van der Waals surface area contributed by atoms with Crippen LogP contribution in [0.5, 0.6) is 0 Å². The lowest BCUT2D eigenvalue weighted by Gasteiger charge is -2.14. The molecule has 0 spiro atoms. The van der Waals surface area contributed by atoms with Crippen molar-refractivity contribution in [2.45, 2.75) is 24.8 Å². The molecule has 0 amide bonds. The van der Waals surface area contributed by atoms with Crippen molar-refractivity contribution in [2.24, 2.45) is 0 Å². The molecule has 0 unspecified atom stereocenters. The zero-order valence-corrected chi connectivity index (χ0v) is 11.4. The maximum atomic E-state index is 11.9. The molecule has 1 N–H and O–H groups in total. The van der Waals surface area contributed by atoms with Crippen molar-refractivity contribution < 1.29 is 39.7 Å². The monoisotopic (exact) mass is 334 g/mol. The van der Waals surface area contributed by atoms with E-state index in [0.29, 0.717) is 0 Å². The number of halogens is 5. The smallest absolute Gasteiger partial charge is 0.295 e. The lowest BCUT2D eigenvalue weighted by molar-refractivity contribution is -0.168. The van der Waals surface area contributed by atoms with E-state index in [1.54, 1.807) is 6.92 Å². The number of ketones is 1. The maximum absolute atomic E-state index is 11.9. The minimum atomic E-state index is -5.99. The van der Waals surface area contributed by atoms with Crippen molar-refractivity contribution >= 4 is 15.9 Å². The summed E-state index contributed by atoms with van der Waals surface area (Å²) < 4.78 is 84.3. The number of hydrogen-bond acceptors (Lipinski definition) is 3. The van der Waals surface area contributed by atoms with Gasteiger partial charge in [0.25, 0.3) is 0 Å². The lowest BCUT2D eigenvalue weighted by atomic mass is 10.2. The molecule has 1 rings (SSSR count). The van der Waals surface area contributed by atoms with Gasteiger partial charge in [-0.05, 0) is 6.92 Å². The number of hydrogen-bond donors (Lipinski definition) is 1. The van der Waals surface area contributed by atoms with E-state index in [0.717, 1.165) is 5.56 Å². The average molecular weight is 334 g/mol. The summed E-state index contributed by atoms with van der Waals surface area (Å²) in [6.45, 7) is 1.56. The molecule has 21 heavy (non-hydrogen) atoms. The van der Waals surface area contributed by atoms with E-state index >= 15 is 0 Å². The van der Waals surface area contributed by atoms with Crippen LogP contribution < -0.4 is 0 Å². The van der Waals surface area contributed by atoms with Gasteiger partial charge in [-0.3, -0.25) is 9.35 Å². The van der Waals surface area contributed by atoms with Crippen LogP contribution in [0.2, 0.25) is 0 Å². The highest BCUT2D eigenvalue weighted by Crippen LogP contribution is 2.34. The van der Waals surface area contributed by atoms with Gasteiger partial charge in [0.15, 0.2) is 5.78 Å². The van der Waals surface area contributed by atoms with Gasteiger partial charge in [-0.15, -0.1) is 0 Å². The Balaban J connectivity index is 0.000000394. The standard InChI is InChI=1S/C8H8O.C3H3F5O3S/c1-7(9)8-5-3-2-4-6-8;4-2(5,6)1-3(7,8)12(9,10)11/h2-6H,1H3;1H2,(H,9,10,11). The number of Topliss-reactive ketones (excluding diaryl/α,β-unsaturated/α-hetero) is 1. The van der Waals surface area contributed by atoms with Gasteiger partial charge >= 0.3 is 21.5 Å². The van der Waals surface area contributed by atoms with Gasteiger partial charge in [-0.25, -0.2) is 0 Å². The predicted molar refractivity (Wildman–Crippen MR) is 63.6 cm³/mol. The Bertz CT molecular complexity index is 566. The second kappa shape index (κ2) is 6.94. The van der Waals surface area contributed by atoms with Gasteiger partial charge in [0.2, 0.25) is 0 Å². The Morgan fingerprint density at radius 3 is 1.71 bits per heavy atom. The highest BCUT2D eigenvalue weighted by Gasteiger charge is 2.52. The largest absolute Gasteiger partial charge is 0.396 e. The van der Waals surface area contributed by atoms with Crippen LogP contribution in [0.1, 0.15) is 23.7 Å². The Morgan fingerprint density at radius 1 is 1.10 bits per heavy atom. The van der Waals surface area contributed by atoms with Crippen LogP contribution in [-0.4, -0.2) is 30.2 Å². The molecule has 0 radical (unpaired) electrons. The van der Waals surface area contributed by atoms with Gasteiger partial charge < -0.3 is 0 Å². The van der Waals surface area contributed by atoms with Gasteiger partial charge in [-0.2, -0.15) is 30.4 Å². The quantitative estimate of drug-likeness (QED) is 0.523. The molecule has 0 saturated heterocycles. The molecule has 1 aromatic rings. The number of alkyl halides is 5. The summed E-state index contributed by atoms with van der Waals surface area (Å²) >= 11 is 0. The molecule has 4 nitrogen and oxygen atoms in total. The van der Waals surface area contributed by atoms with Crippen LogP contribution in [0.4, 0.5) is 22.0 Å². The van der Waals surface area contributed by atoms with Gasteiger partial charge in [-0.1, -0.05) is 30.3 Å². The second-order valence-corrected chi connectivity index (χ2v) is 5.37. The summed E-state index contributed by atoms with van der Waals surface area (Å²) in [7, 11) is -5.99. The fourth-order valence-corrected chi connectivity index (χ4v) is 1.34. The molecule has 0 aliphatic heterocycles. The molecule has 0 heterocycles. The third kappa shape index (κ3) is 7.71. The van der Waals surface area contributed by atoms with E-state index < -0.39 is 28.0 Å². The normalized spacial score (nSPS) is 12.3. The van der Waals surface area contributed by atoms with Gasteiger partial charge in [0, 0.05) is 5.56 Å². The van der Waals surface area contributed by atoms with E-state index in [9.17, 15) is 35.2 Å². The molecule has 1 aromatic carbocycles. The molecule has 0 atom stereocenters. The van der Waals surface area contributed by atoms with Gasteiger partial charge in [0.05, 0.1) is 0 Å². The van der Waals surface area contributed by atoms with Crippen molar-refractivity contribution in [1.29, 1.82) is 0 Å². The number of benzene rings is 1. The molecular formula is C11H11F5O4S. The Labute approximate surface area is 117 Å². The van der Waals surface area contributed by atoms with Crippen molar-refractivity contribution in [3.63, 3.8) is 0 Å². The number of carbonyl (C=O) groups excluding carboxylic acids is 1. The fraction of sp³-hybridized carbons (Fsp3) is 0.364. The van der Waals surface area contributed by atoms with Gasteiger partial charge in [0.1, 0.15) is 6.42 Å². The summed E-state index contributed by atoms with van der Waals surface area (Å²) in [5.74, 6) is 0.121. The molecule has 0 bridgehead atoms. The van der Waals surface area contributed by atoms with Crippen molar-refractivity contribution in [1.82, 2.24) is 0 Å². The third-order valence-corrected chi connectivity index (χ3v) is 2.86. The topological polar surface area (TPSA) is 71.4 Å². The van der Waals surface area contributed by atoms with Crippen LogP contribution in [-0.2, 0) is 10.1 Å². The van der Waals surface area contributed by atoms with Crippen LogP contribution in [0.15, 0.2) is 30.3 Å². The van der Waals surface area contributed by atoms with Crippen LogP contribution >= 0.6 is 0 Å². The van der Waals surface area contributed by atoms with Crippen molar-refractivity contribution in [3.8, 4) is 0 Å². The number of rotatable bonds is 3. The molecular weight excluding hydrogens is 323 g/mol. The molecule has 0 fully saturated rings. The van der Waals surface area contributed by atoms with Crippen molar-refractivity contribution in [2.75, 3.05) is 0 Å². The molecule has 0 aliphatic carbocycles.